The molecule has 1 aromatic carbocycles. The van der Waals surface area contributed by atoms with Crippen LogP contribution < -0.4 is 10.6 Å². The third-order valence-electron chi connectivity index (χ3n) is 4.41. The lowest BCUT2D eigenvalue weighted by molar-refractivity contribution is -0.118. The van der Waals surface area contributed by atoms with Crippen molar-refractivity contribution < 1.29 is 9.59 Å². The number of amides is 2. The van der Waals surface area contributed by atoms with E-state index >= 15 is 0 Å². The van der Waals surface area contributed by atoms with E-state index in [1.54, 1.807) is 4.90 Å². The number of benzene rings is 1. The Labute approximate surface area is 163 Å². The van der Waals surface area contributed by atoms with E-state index in [4.69, 9.17) is 5.73 Å². The minimum atomic E-state index is -0.354. The second kappa shape index (κ2) is 8.56. The maximum atomic E-state index is 12.9. The van der Waals surface area contributed by atoms with Crippen molar-refractivity contribution in [3.63, 3.8) is 0 Å². The Morgan fingerprint density at radius 1 is 1.26 bits per heavy atom. The van der Waals surface area contributed by atoms with Crippen molar-refractivity contribution in [3.8, 4) is 0 Å². The second-order valence-corrected chi connectivity index (χ2v) is 7.91. The Hall–Kier alpha value is -2.35. The summed E-state index contributed by atoms with van der Waals surface area (Å²) in [5.74, 6) is 1.22. The SMILES string of the molecule is CC(C)N(C(=O)CSc1nnc(C2CC2)n1CCC(N)=O)c1ccccc1. The molecule has 1 aliphatic carbocycles. The maximum Gasteiger partial charge on any atom is 0.237 e. The molecule has 1 aliphatic rings. The van der Waals surface area contributed by atoms with Gasteiger partial charge in [0.05, 0.1) is 5.75 Å². The van der Waals surface area contributed by atoms with E-state index in [1.807, 2.05) is 48.7 Å². The highest BCUT2D eigenvalue weighted by atomic mass is 32.2. The first-order valence-electron chi connectivity index (χ1n) is 9.18. The summed E-state index contributed by atoms with van der Waals surface area (Å²) in [6.45, 7) is 4.45. The predicted octanol–water partition coefficient (Wildman–Crippen LogP) is 2.56. The van der Waals surface area contributed by atoms with Crippen LogP contribution >= 0.6 is 11.8 Å². The molecule has 0 spiro atoms. The molecule has 0 radical (unpaired) electrons. The quantitative estimate of drug-likeness (QED) is 0.667. The van der Waals surface area contributed by atoms with E-state index in [1.165, 1.54) is 11.8 Å². The lowest BCUT2D eigenvalue weighted by atomic mass is 10.2. The van der Waals surface area contributed by atoms with Crippen LogP contribution in [-0.2, 0) is 16.1 Å². The van der Waals surface area contributed by atoms with Crippen LogP contribution in [0, 0.1) is 0 Å². The Balaban J connectivity index is 1.71. The van der Waals surface area contributed by atoms with Crippen molar-refractivity contribution in [3.05, 3.63) is 36.2 Å². The molecule has 8 heteroatoms. The largest absolute Gasteiger partial charge is 0.370 e. The van der Waals surface area contributed by atoms with Crippen LogP contribution in [0.15, 0.2) is 35.5 Å². The van der Waals surface area contributed by atoms with Crippen molar-refractivity contribution in [1.29, 1.82) is 0 Å². The van der Waals surface area contributed by atoms with Crippen molar-refractivity contribution in [2.45, 2.75) is 56.8 Å². The maximum absolute atomic E-state index is 12.9. The fraction of sp³-hybridized carbons (Fsp3) is 0.474. The average Bonchev–Trinajstić information content (AvgIpc) is 3.39. The first-order chi connectivity index (χ1) is 13.0. The molecule has 0 saturated heterocycles. The molecule has 7 nitrogen and oxygen atoms in total. The van der Waals surface area contributed by atoms with Crippen molar-refractivity contribution >= 4 is 29.3 Å². The highest BCUT2D eigenvalue weighted by Crippen LogP contribution is 2.40. The summed E-state index contributed by atoms with van der Waals surface area (Å²) in [6, 6.07) is 9.70. The molecule has 0 atom stereocenters. The zero-order chi connectivity index (χ0) is 19.4. The molecule has 1 saturated carbocycles. The van der Waals surface area contributed by atoms with Gasteiger partial charge in [-0.25, -0.2) is 0 Å². The zero-order valence-corrected chi connectivity index (χ0v) is 16.5. The number of anilines is 1. The Morgan fingerprint density at radius 2 is 1.96 bits per heavy atom. The highest BCUT2D eigenvalue weighted by molar-refractivity contribution is 7.99. The fourth-order valence-corrected chi connectivity index (χ4v) is 3.83. The van der Waals surface area contributed by atoms with Crippen LogP contribution in [0.5, 0.6) is 0 Å². The van der Waals surface area contributed by atoms with Crippen LogP contribution in [0.3, 0.4) is 0 Å². The van der Waals surface area contributed by atoms with Crippen LogP contribution in [0.4, 0.5) is 5.69 Å². The van der Waals surface area contributed by atoms with Crippen molar-refractivity contribution in [2.75, 3.05) is 10.7 Å². The number of carbonyl (C=O) groups is 2. The third-order valence-corrected chi connectivity index (χ3v) is 5.37. The summed E-state index contributed by atoms with van der Waals surface area (Å²) in [5, 5.41) is 9.21. The van der Waals surface area contributed by atoms with E-state index < -0.39 is 0 Å². The molecule has 0 bridgehead atoms. The smallest absolute Gasteiger partial charge is 0.237 e. The third kappa shape index (κ3) is 4.88. The van der Waals surface area contributed by atoms with Gasteiger partial charge in [0, 0.05) is 30.6 Å². The molecule has 1 aromatic heterocycles. The van der Waals surface area contributed by atoms with Gasteiger partial charge in [-0.3, -0.25) is 9.59 Å². The summed E-state index contributed by atoms with van der Waals surface area (Å²) in [7, 11) is 0. The molecule has 2 amide bonds. The summed E-state index contributed by atoms with van der Waals surface area (Å²) >= 11 is 1.36. The number of nitrogens with zero attached hydrogens (tertiary/aromatic N) is 4. The van der Waals surface area contributed by atoms with Crippen LogP contribution in [0.2, 0.25) is 0 Å². The van der Waals surface area contributed by atoms with Crippen molar-refractivity contribution in [1.82, 2.24) is 14.8 Å². The molecule has 1 fully saturated rings. The van der Waals surface area contributed by atoms with E-state index in [2.05, 4.69) is 10.2 Å². The van der Waals surface area contributed by atoms with Crippen LogP contribution in [0.1, 0.15) is 44.9 Å². The van der Waals surface area contributed by atoms with E-state index in [-0.39, 0.29) is 30.0 Å². The predicted molar refractivity (Wildman–Crippen MR) is 106 cm³/mol. The molecular weight excluding hydrogens is 362 g/mol. The van der Waals surface area contributed by atoms with Gasteiger partial charge in [-0.15, -0.1) is 10.2 Å². The Kier molecular flexibility index (Phi) is 6.15. The number of primary amides is 1. The summed E-state index contributed by atoms with van der Waals surface area (Å²) < 4.78 is 1.95. The molecular formula is C19H25N5O2S. The molecule has 3 rings (SSSR count). The number of rotatable bonds is 9. The first-order valence-corrected chi connectivity index (χ1v) is 10.2. The lowest BCUT2D eigenvalue weighted by Gasteiger charge is -2.26. The monoisotopic (exact) mass is 387 g/mol. The number of para-hydroxylation sites is 1. The minimum absolute atomic E-state index is 0.0126. The Bertz CT molecular complexity index is 802. The van der Waals surface area contributed by atoms with Crippen LogP contribution in [-0.4, -0.2) is 38.4 Å². The Morgan fingerprint density at radius 3 is 2.56 bits per heavy atom. The zero-order valence-electron chi connectivity index (χ0n) is 15.7. The topological polar surface area (TPSA) is 94.1 Å². The van der Waals surface area contributed by atoms with Gasteiger partial charge < -0.3 is 15.2 Å². The molecule has 144 valence electrons. The number of aromatic nitrogens is 3. The van der Waals surface area contributed by atoms with Gasteiger partial charge in [-0.1, -0.05) is 30.0 Å². The fourth-order valence-electron chi connectivity index (χ4n) is 3.00. The summed E-state index contributed by atoms with van der Waals surface area (Å²) in [5.41, 5.74) is 6.18. The standard InChI is InChI=1S/C19H25N5O2S/c1-13(2)24(15-6-4-3-5-7-15)17(26)12-27-19-22-21-18(14-8-9-14)23(19)11-10-16(20)25/h3-7,13-14H,8-12H2,1-2H3,(H2,20,25). The first kappa shape index (κ1) is 19.4. The van der Waals surface area contributed by atoms with Crippen LogP contribution in [0.25, 0.3) is 0 Å². The van der Waals surface area contributed by atoms with E-state index in [0.717, 1.165) is 24.4 Å². The van der Waals surface area contributed by atoms with Gasteiger partial charge in [0.2, 0.25) is 11.8 Å². The summed E-state index contributed by atoms with van der Waals surface area (Å²) in [6.07, 6.45) is 2.42. The van der Waals surface area contributed by atoms with E-state index in [0.29, 0.717) is 17.6 Å². The molecule has 0 aliphatic heterocycles. The average molecular weight is 388 g/mol. The number of thioether (sulfide) groups is 1. The molecule has 2 N–H and O–H groups in total. The minimum Gasteiger partial charge on any atom is -0.370 e. The molecule has 0 unspecified atom stereocenters. The number of carbonyl (C=O) groups excluding carboxylic acids is 2. The highest BCUT2D eigenvalue weighted by Gasteiger charge is 2.31. The number of hydrogen-bond acceptors (Lipinski definition) is 5. The summed E-state index contributed by atoms with van der Waals surface area (Å²) in [4.78, 5) is 25.8. The second-order valence-electron chi connectivity index (χ2n) is 6.96. The number of hydrogen-bond donors (Lipinski definition) is 1. The van der Waals surface area contributed by atoms with Gasteiger partial charge >= 0.3 is 0 Å². The normalized spacial score (nSPS) is 13.7. The molecule has 27 heavy (non-hydrogen) atoms. The van der Waals surface area contributed by atoms with Gasteiger partial charge in [-0.2, -0.15) is 0 Å². The van der Waals surface area contributed by atoms with Gasteiger partial charge in [-0.05, 0) is 38.8 Å². The van der Waals surface area contributed by atoms with Gasteiger partial charge in [0.15, 0.2) is 5.16 Å². The van der Waals surface area contributed by atoms with Gasteiger partial charge in [0.1, 0.15) is 5.82 Å². The number of nitrogens with two attached hydrogens (primary N) is 1. The van der Waals surface area contributed by atoms with E-state index in [9.17, 15) is 9.59 Å². The molecule has 2 aromatic rings. The van der Waals surface area contributed by atoms with Gasteiger partial charge in [0.25, 0.3) is 0 Å². The lowest BCUT2D eigenvalue weighted by Crippen LogP contribution is -2.38. The van der Waals surface area contributed by atoms with Crippen molar-refractivity contribution in [2.24, 2.45) is 5.73 Å². The molecule has 1 heterocycles.